The van der Waals surface area contributed by atoms with E-state index in [2.05, 4.69) is 20.8 Å². The zero-order valence-electron chi connectivity index (χ0n) is 11.5. The zero-order chi connectivity index (χ0) is 15.4. The summed E-state index contributed by atoms with van der Waals surface area (Å²) < 4.78 is 1.47. The fourth-order valence-electron chi connectivity index (χ4n) is 1.94. The van der Waals surface area contributed by atoms with Crippen molar-refractivity contribution in [2.24, 2.45) is 0 Å². The Hall–Kier alpha value is -2.58. The zero-order valence-corrected chi connectivity index (χ0v) is 12.3. The molecule has 7 nitrogen and oxygen atoms in total. The standard InChI is InChI=1S/C14H13N5O2S/c20-13(11-4-5-22-8-11)7-15-14(21)10-2-1-3-12(6-10)19-9-16-17-18-19/h1-6,8-9,13,20H,7H2,(H,15,21). The van der Waals surface area contributed by atoms with Crippen LogP contribution in [0.5, 0.6) is 0 Å². The summed E-state index contributed by atoms with van der Waals surface area (Å²) in [7, 11) is 0. The maximum atomic E-state index is 12.2. The first-order valence-corrected chi connectivity index (χ1v) is 7.50. The van der Waals surface area contributed by atoms with E-state index in [4.69, 9.17) is 0 Å². The number of nitrogens with zero attached hydrogens (tertiary/aromatic N) is 4. The highest BCUT2D eigenvalue weighted by Crippen LogP contribution is 2.15. The Kier molecular flexibility index (Phi) is 4.22. The molecule has 112 valence electrons. The highest BCUT2D eigenvalue weighted by molar-refractivity contribution is 7.07. The van der Waals surface area contributed by atoms with Gasteiger partial charge in [0.25, 0.3) is 5.91 Å². The number of tetrazole rings is 1. The van der Waals surface area contributed by atoms with Gasteiger partial charge < -0.3 is 10.4 Å². The smallest absolute Gasteiger partial charge is 0.251 e. The topological polar surface area (TPSA) is 92.9 Å². The molecule has 0 aliphatic heterocycles. The summed E-state index contributed by atoms with van der Waals surface area (Å²) in [5.41, 5.74) is 1.97. The van der Waals surface area contributed by atoms with Crippen molar-refractivity contribution in [3.63, 3.8) is 0 Å². The number of rotatable bonds is 5. The Balaban J connectivity index is 1.66. The lowest BCUT2D eigenvalue weighted by Crippen LogP contribution is -2.28. The molecule has 3 rings (SSSR count). The molecule has 1 unspecified atom stereocenters. The molecular weight excluding hydrogens is 302 g/mol. The number of thiophene rings is 1. The van der Waals surface area contributed by atoms with Crippen LogP contribution in [0.25, 0.3) is 5.69 Å². The Morgan fingerprint density at radius 1 is 1.41 bits per heavy atom. The molecule has 8 heteroatoms. The van der Waals surface area contributed by atoms with Gasteiger partial charge in [-0.1, -0.05) is 6.07 Å². The third-order valence-corrected chi connectivity index (χ3v) is 3.81. The summed E-state index contributed by atoms with van der Waals surface area (Å²) in [6.45, 7) is 0.157. The number of carbonyl (C=O) groups excluding carboxylic acids is 1. The number of carbonyl (C=O) groups is 1. The summed E-state index contributed by atoms with van der Waals surface area (Å²) >= 11 is 1.50. The highest BCUT2D eigenvalue weighted by atomic mass is 32.1. The summed E-state index contributed by atoms with van der Waals surface area (Å²) in [6, 6.07) is 8.76. The molecule has 1 atom stereocenters. The van der Waals surface area contributed by atoms with Crippen molar-refractivity contribution in [3.8, 4) is 5.69 Å². The molecule has 0 aliphatic rings. The van der Waals surface area contributed by atoms with Crippen LogP contribution in [0.2, 0.25) is 0 Å². The van der Waals surface area contributed by atoms with Crippen LogP contribution < -0.4 is 5.32 Å². The normalized spacial score (nSPS) is 12.0. The Morgan fingerprint density at radius 3 is 3.05 bits per heavy atom. The lowest BCUT2D eigenvalue weighted by atomic mass is 10.1. The molecule has 1 amide bonds. The molecule has 0 saturated heterocycles. The molecule has 2 N–H and O–H groups in total. The predicted molar refractivity (Wildman–Crippen MR) is 80.8 cm³/mol. The first-order valence-electron chi connectivity index (χ1n) is 6.56. The van der Waals surface area contributed by atoms with E-state index >= 15 is 0 Å². The van der Waals surface area contributed by atoms with E-state index in [1.165, 1.54) is 22.3 Å². The minimum Gasteiger partial charge on any atom is -0.387 e. The van der Waals surface area contributed by atoms with Crippen molar-refractivity contribution < 1.29 is 9.90 Å². The quantitative estimate of drug-likeness (QED) is 0.737. The number of nitrogens with one attached hydrogen (secondary N) is 1. The van der Waals surface area contributed by atoms with Crippen molar-refractivity contribution >= 4 is 17.2 Å². The summed E-state index contributed by atoms with van der Waals surface area (Å²) in [6.07, 6.45) is 0.745. The maximum absolute atomic E-state index is 12.2. The molecular formula is C14H13N5O2S. The first kappa shape index (κ1) is 14.4. The monoisotopic (exact) mass is 315 g/mol. The fraction of sp³-hybridized carbons (Fsp3) is 0.143. The van der Waals surface area contributed by atoms with E-state index in [0.29, 0.717) is 11.3 Å². The van der Waals surface area contributed by atoms with E-state index in [1.54, 1.807) is 24.3 Å². The lowest BCUT2D eigenvalue weighted by Gasteiger charge is -2.11. The SMILES string of the molecule is O=C(NCC(O)c1ccsc1)c1cccc(-n2cnnn2)c1. The fourth-order valence-corrected chi connectivity index (χ4v) is 2.65. The molecule has 2 heterocycles. The van der Waals surface area contributed by atoms with Gasteiger partial charge in [-0.2, -0.15) is 11.3 Å². The summed E-state index contributed by atoms with van der Waals surface area (Å²) in [5.74, 6) is -0.260. The molecule has 0 saturated carbocycles. The number of benzene rings is 1. The van der Waals surface area contributed by atoms with Gasteiger partial charge in [-0.25, -0.2) is 4.68 Å². The van der Waals surface area contributed by atoms with Crippen molar-refractivity contribution in [1.29, 1.82) is 0 Å². The summed E-state index contributed by atoms with van der Waals surface area (Å²) in [5, 5.41) is 27.3. The summed E-state index contributed by atoms with van der Waals surface area (Å²) in [4.78, 5) is 12.2. The number of hydrogen-bond acceptors (Lipinski definition) is 6. The van der Waals surface area contributed by atoms with Gasteiger partial charge in [0.2, 0.25) is 0 Å². The van der Waals surface area contributed by atoms with Crippen LogP contribution in [0, 0.1) is 0 Å². The van der Waals surface area contributed by atoms with Gasteiger partial charge in [-0.3, -0.25) is 4.79 Å². The van der Waals surface area contributed by atoms with E-state index < -0.39 is 6.10 Å². The van der Waals surface area contributed by atoms with Gasteiger partial charge in [-0.15, -0.1) is 5.10 Å². The van der Waals surface area contributed by atoms with Gasteiger partial charge in [0.05, 0.1) is 11.8 Å². The van der Waals surface area contributed by atoms with E-state index in [0.717, 1.165) is 5.56 Å². The third-order valence-electron chi connectivity index (χ3n) is 3.11. The first-order chi connectivity index (χ1) is 10.7. The minimum absolute atomic E-state index is 0.157. The van der Waals surface area contributed by atoms with Crippen LogP contribution in [0.15, 0.2) is 47.4 Å². The van der Waals surface area contributed by atoms with Gasteiger partial charge in [0, 0.05) is 12.1 Å². The number of hydrogen-bond donors (Lipinski definition) is 2. The van der Waals surface area contributed by atoms with Crippen LogP contribution in [-0.4, -0.2) is 37.8 Å². The molecule has 22 heavy (non-hydrogen) atoms. The lowest BCUT2D eigenvalue weighted by molar-refractivity contribution is 0.0916. The Morgan fingerprint density at radius 2 is 2.32 bits per heavy atom. The van der Waals surface area contributed by atoms with Crippen LogP contribution in [0.3, 0.4) is 0 Å². The largest absolute Gasteiger partial charge is 0.387 e. The second kappa shape index (κ2) is 6.46. The molecule has 0 fully saturated rings. The van der Waals surface area contributed by atoms with Crippen LogP contribution >= 0.6 is 11.3 Å². The number of aliphatic hydroxyl groups is 1. The van der Waals surface area contributed by atoms with E-state index in [9.17, 15) is 9.90 Å². The van der Waals surface area contributed by atoms with Crippen LogP contribution in [-0.2, 0) is 0 Å². The molecule has 1 aromatic carbocycles. The van der Waals surface area contributed by atoms with Gasteiger partial charge in [-0.05, 0) is 51.0 Å². The van der Waals surface area contributed by atoms with Gasteiger partial charge in [0.1, 0.15) is 6.33 Å². The molecule has 0 bridgehead atoms. The number of amides is 1. The van der Waals surface area contributed by atoms with Gasteiger partial charge >= 0.3 is 0 Å². The minimum atomic E-state index is -0.710. The van der Waals surface area contributed by atoms with Crippen LogP contribution in [0.1, 0.15) is 22.0 Å². The number of aromatic nitrogens is 4. The second-order valence-electron chi connectivity index (χ2n) is 4.59. The van der Waals surface area contributed by atoms with Crippen molar-refractivity contribution in [2.45, 2.75) is 6.10 Å². The Labute approximate surface area is 130 Å². The van der Waals surface area contributed by atoms with Crippen LogP contribution in [0.4, 0.5) is 0 Å². The van der Waals surface area contributed by atoms with Gasteiger partial charge in [0.15, 0.2) is 0 Å². The molecule has 3 aromatic rings. The highest BCUT2D eigenvalue weighted by Gasteiger charge is 2.12. The average molecular weight is 315 g/mol. The molecule has 2 aromatic heterocycles. The van der Waals surface area contributed by atoms with E-state index in [-0.39, 0.29) is 12.5 Å². The number of aliphatic hydroxyl groups excluding tert-OH is 1. The van der Waals surface area contributed by atoms with Crippen molar-refractivity contribution in [1.82, 2.24) is 25.5 Å². The molecule has 0 spiro atoms. The van der Waals surface area contributed by atoms with Crippen molar-refractivity contribution in [3.05, 3.63) is 58.5 Å². The second-order valence-corrected chi connectivity index (χ2v) is 5.37. The predicted octanol–water partition coefficient (Wildman–Crippen LogP) is 1.19. The Bertz CT molecular complexity index is 742. The van der Waals surface area contributed by atoms with E-state index in [1.807, 2.05) is 16.8 Å². The third kappa shape index (κ3) is 3.18. The molecule has 0 radical (unpaired) electrons. The average Bonchev–Trinajstić information content (AvgIpc) is 3.25. The molecule has 0 aliphatic carbocycles. The van der Waals surface area contributed by atoms with Crippen molar-refractivity contribution in [2.75, 3.05) is 6.54 Å². The maximum Gasteiger partial charge on any atom is 0.251 e.